The van der Waals surface area contributed by atoms with Gasteiger partial charge in [-0.15, -0.1) is 0 Å². The van der Waals surface area contributed by atoms with Crippen LogP contribution >= 0.6 is 0 Å². The van der Waals surface area contributed by atoms with Crippen LogP contribution in [0.2, 0.25) is 0 Å². The molecule has 188 valence electrons. The zero-order valence-corrected chi connectivity index (χ0v) is 21.4. The molecule has 0 bridgehead atoms. The Morgan fingerprint density at radius 1 is 1.06 bits per heavy atom. The molecule has 3 aromatic rings. The number of benzene rings is 2. The minimum atomic E-state index is -3.36. The molecule has 0 saturated carbocycles. The van der Waals surface area contributed by atoms with Crippen LogP contribution in [-0.2, 0) is 16.4 Å². The van der Waals surface area contributed by atoms with Gasteiger partial charge in [0.15, 0.2) is 9.84 Å². The molecule has 0 aliphatic heterocycles. The van der Waals surface area contributed by atoms with Crippen molar-refractivity contribution < 1.29 is 17.9 Å². The van der Waals surface area contributed by atoms with Gasteiger partial charge >= 0.3 is 6.03 Å². The van der Waals surface area contributed by atoms with E-state index >= 15 is 0 Å². The number of hydrogen-bond acceptors (Lipinski definition) is 5. The molecule has 0 spiro atoms. The SMILES string of the molecule is CCCCCNC(=O)Nc1ccccc1OCCCn1cc(-c2ccccc2S(C)(=O)=O)nc1C. The molecule has 0 aliphatic carbocycles. The first-order chi connectivity index (χ1) is 16.8. The van der Waals surface area contributed by atoms with E-state index in [1.165, 1.54) is 6.26 Å². The van der Waals surface area contributed by atoms with E-state index in [0.717, 1.165) is 25.1 Å². The predicted molar refractivity (Wildman–Crippen MR) is 139 cm³/mol. The second-order valence-corrected chi connectivity index (χ2v) is 10.4. The van der Waals surface area contributed by atoms with E-state index in [2.05, 4.69) is 22.5 Å². The Labute approximate surface area is 207 Å². The number of sulfone groups is 1. The van der Waals surface area contributed by atoms with Gasteiger partial charge in [-0.3, -0.25) is 0 Å². The standard InChI is InChI=1S/C26H34N4O4S/c1-4-5-10-16-27-26(31)29-22-13-7-8-14-24(22)34-18-11-17-30-19-23(28-20(30)2)21-12-6-9-15-25(21)35(3,32)33/h6-9,12-15,19H,4-5,10-11,16-18H2,1-3H3,(H2,27,29,31). The van der Waals surface area contributed by atoms with Crippen LogP contribution in [-0.4, -0.2) is 43.4 Å². The molecule has 1 aromatic heterocycles. The Kier molecular flexibility index (Phi) is 9.31. The Morgan fingerprint density at radius 2 is 1.80 bits per heavy atom. The number of nitrogens with one attached hydrogen (secondary N) is 2. The molecule has 3 rings (SSSR count). The number of aromatic nitrogens is 2. The number of anilines is 1. The molecule has 1 heterocycles. The van der Waals surface area contributed by atoms with Crippen molar-refractivity contribution in [3.8, 4) is 17.0 Å². The summed E-state index contributed by atoms with van der Waals surface area (Å²) in [6.07, 6.45) is 6.93. The molecular weight excluding hydrogens is 464 g/mol. The fourth-order valence-electron chi connectivity index (χ4n) is 3.72. The second-order valence-electron chi connectivity index (χ2n) is 8.42. The van der Waals surface area contributed by atoms with Crippen LogP contribution in [0.3, 0.4) is 0 Å². The molecule has 2 aromatic carbocycles. The average Bonchev–Trinajstić information content (AvgIpc) is 3.20. The van der Waals surface area contributed by atoms with Crippen molar-refractivity contribution in [3.05, 3.63) is 60.6 Å². The van der Waals surface area contributed by atoms with Crippen molar-refractivity contribution >= 4 is 21.6 Å². The molecule has 0 saturated heterocycles. The fraction of sp³-hybridized carbons (Fsp3) is 0.385. The minimum Gasteiger partial charge on any atom is -0.491 e. The number of aryl methyl sites for hydroxylation is 2. The number of para-hydroxylation sites is 2. The van der Waals surface area contributed by atoms with Gasteiger partial charge in [0.05, 0.1) is 22.9 Å². The van der Waals surface area contributed by atoms with Gasteiger partial charge in [-0.1, -0.05) is 50.1 Å². The molecule has 0 fully saturated rings. The van der Waals surface area contributed by atoms with E-state index in [9.17, 15) is 13.2 Å². The average molecular weight is 499 g/mol. The topological polar surface area (TPSA) is 102 Å². The molecule has 0 unspecified atom stereocenters. The number of carbonyl (C=O) groups excluding carboxylic acids is 1. The summed E-state index contributed by atoms with van der Waals surface area (Å²) in [6.45, 7) is 5.77. The van der Waals surface area contributed by atoms with Gasteiger partial charge in [0.2, 0.25) is 0 Å². The van der Waals surface area contributed by atoms with E-state index in [1.807, 2.05) is 48.0 Å². The first-order valence-electron chi connectivity index (χ1n) is 11.9. The highest BCUT2D eigenvalue weighted by molar-refractivity contribution is 7.90. The quantitative estimate of drug-likeness (QED) is 0.341. The summed E-state index contributed by atoms with van der Waals surface area (Å²) >= 11 is 0. The molecule has 2 amide bonds. The molecule has 0 aliphatic rings. The fourth-order valence-corrected chi connectivity index (χ4v) is 4.62. The van der Waals surface area contributed by atoms with Crippen molar-refractivity contribution in [3.63, 3.8) is 0 Å². The number of amides is 2. The summed E-state index contributed by atoms with van der Waals surface area (Å²) < 4.78 is 32.2. The number of unbranched alkanes of at least 4 members (excludes halogenated alkanes) is 2. The lowest BCUT2D eigenvalue weighted by Gasteiger charge is -2.13. The zero-order chi connectivity index (χ0) is 25.3. The number of nitrogens with zero attached hydrogens (tertiary/aromatic N) is 2. The highest BCUT2D eigenvalue weighted by Crippen LogP contribution is 2.27. The van der Waals surface area contributed by atoms with Gasteiger partial charge in [0, 0.05) is 31.1 Å². The summed E-state index contributed by atoms with van der Waals surface area (Å²) in [5.74, 6) is 1.41. The summed E-state index contributed by atoms with van der Waals surface area (Å²) in [4.78, 5) is 17.0. The number of hydrogen-bond donors (Lipinski definition) is 2. The Bertz CT molecular complexity index is 1240. The highest BCUT2D eigenvalue weighted by Gasteiger charge is 2.17. The molecule has 0 atom stereocenters. The summed E-state index contributed by atoms with van der Waals surface area (Å²) in [5, 5.41) is 5.72. The van der Waals surface area contributed by atoms with Crippen LogP contribution < -0.4 is 15.4 Å². The third-order valence-electron chi connectivity index (χ3n) is 5.54. The summed E-state index contributed by atoms with van der Waals surface area (Å²) in [5.41, 5.74) is 1.85. The minimum absolute atomic E-state index is 0.243. The Morgan fingerprint density at radius 3 is 2.57 bits per heavy atom. The summed E-state index contributed by atoms with van der Waals surface area (Å²) in [6, 6.07) is 14.0. The molecular formula is C26H34N4O4S. The van der Waals surface area contributed by atoms with Crippen molar-refractivity contribution in [2.24, 2.45) is 0 Å². The predicted octanol–water partition coefficient (Wildman–Crippen LogP) is 5.04. The monoisotopic (exact) mass is 498 g/mol. The van der Waals surface area contributed by atoms with E-state index < -0.39 is 9.84 Å². The van der Waals surface area contributed by atoms with Gasteiger partial charge in [-0.2, -0.15) is 0 Å². The van der Waals surface area contributed by atoms with Crippen molar-refractivity contribution in [1.82, 2.24) is 14.9 Å². The largest absolute Gasteiger partial charge is 0.491 e. The van der Waals surface area contributed by atoms with E-state index in [-0.39, 0.29) is 10.9 Å². The zero-order valence-electron chi connectivity index (χ0n) is 20.6. The van der Waals surface area contributed by atoms with Crippen LogP contribution in [0.25, 0.3) is 11.3 Å². The number of carbonyl (C=O) groups is 1. The lowest BCUT2D eigenvalue weighted by Crippen LogP contribution is -2.29. The van der Waals surface area contributed by atoms with Crippen LogP contribution in [0.4, 0.5) is 10.5 Å². The molecule has 0 radical (unpaired) electrons. The van der Waals surface area contributed by atoms with Gasteiger partial charge in [-0.25, -0.2) is 18.2 Å². The maximum atomic E-state index is 12.2. The third-order valence-corrected chi connectivity index (χ3v) is 6.70. The smallest absolute Gasteiger partial charge is 0.319 e. The van der Waals surface area contributed by atoms with Crippen LogP contribution in [0.15, 0.2) is 59.6 Å². The second kappa shape index (κ2) is 12.4. The lowest BCUT2D eigenvalue weighted by molar-refractivity contribution is 0.251. The first-order valence-corrected chi connectivity index (χ1v) is 13.8. The van der Waals surface area contributed by atoms with E-state index in [4.69, 9.17) is 4.74 Å². The number of imidazole rings is 1. The van der Waals surface area contributed by atoms with E-state index in [1.54, 1.807) is 18.2 Å². The number of urea groups is 1. The number of rotatable bonds is 12. The van der Waals surface area contributed by atoms with Gasteiger partial charge in [-0.05, 0) is 38.0 Å². The summed E-state index contributed by atoms with van der Waals surface area (Å²) in [7, 11) is -3.36. The van der Waals surface area contributed by atoms with E-state index in [0.29, 0.717) is 48.8 Å². The van der Waals surface area contributed by atoms with Gasteiger partial charge in [0.1, 0.15) is 11.6 Å². The first kappa shape index (κ1) is 26.3. The van der Waals surface area contributed by atoms with Crippen molar-refractivity contribution in [2.75, 3.05) is 24.7 Å². The Balaban J connectivity index is 1.57. The lowest BCUT2D eigenvalue weighted by atomic mass is 10.2. The van der Waals surface area contributed by atoms with Gasteiger partial charge < -0.3 is 19.9 Å². The van der Waals surface area contributed by atoms with Crippen LogP contribution in [0.1, 0.15) is 38.4 Å². The normalized spacial score (nSPS) is 11.3. The van der Waals surface area contributed by atoms with Crippen LogP contribution in [0.5, 0.6) is 5.75 Å². The molecule has 35 heavy (non-hydrogen) atoms. The maximum absolute atomic E-state index is 12.2. The maximum Gasteiger partial charge on any atom is 0.319 e. The third kappa shape index (κ3) is 7.58. The highest BCUT2D eigenvalue weighted by atomic mass is 32.2. The molecule has 2 N–H and O–H groups in total. The molecule has 9 heteroatoms. The van der Waals surface area contributed by atoms with Crippen LogP contribution in [0, 0.1) is 6.92 Å². The van der Waals surface area contributed by atoms with Crippen molar-refractivity contribution in [2.45, 2.75) is 51.0 Å². The van der Waals surface area contributed by atoms with Crippen molar-refractivity contribution in [1.29, 1.82) is 0 Å². The number of ether oxygens (including phenoxy) is 1. The molecule has 8 nitrogen and oxygen atoms in total. The van der Waals surface area contributed by atoms with Gasteiger partial charge in [0.25, 0.3) is 0 Å². The Hall–Kier alpha value is -3.33.